The van der Waals surface area contributed by atoms with E-state index in [0.29, 0.717) is 35.7 Å². The highest BCUT2D eigenvalue weighted by Gasteiger charge is 2.33. The second-order valence-corrected chi connectivity index (χ2v) is 6.94. The molecule has 162 valence electrons. The fourth-order valence-electron chi connectivity index (χ4n) is 3.41. The zero-order chi connectivity index (χ0) is 22.0. The van der Waals surface area contributed by atoms with E-state index >= 15 is 0 Å². The first-order valence-electron chi connectivity index (χ1n) is 9.57. The average molecular weight is 429 g/mol. The van der Waals surface area contributed by atoms with Gasteiger partial charge in [-0.2, -0.15) is 0 Å². The zero-order valence-electron chi connectivity index (χ0n) is 16.6. The smallest absolute Gasteiger partial charge is 0.414 e. The monoisotopic (exact) mass is 429 g/mol. The number of pyridine rings is 1. The molecule has 31 heavy (non-hydrogen) atoms. The van der Waals surface area contributed by atoms with Crippen molar-refractivity contribution >= 4 is 29.7 Å². The molecular weight excluding hydrogens is 409 g/mol. The lowest BCUT2D eigenvalue weighted by atomic mass is 10.1. The Labute approximate surface area is 176 Å². The van der Waals surface area contributed by atoms with Crippen LogP contribution in [0.1, 0.15) is 0 Å². The van der Waals surface area contributed by atoms with Gasteiger partial charge in [0.2, 0.25) is 0 Å². The van der Waals surface area contributed by atoms with E-state index in [1.165, 1.54) is 29.2 Å². The summed E-state index contributed by atoms with van der Waals surface area (Å²) in [5.74, 6) is -0.0444. The standard InChI is InChI=1S/C20H20FN5O5/c1-30-19(28)24-10-14-11-26(20(29)31-14)13-3-4-15(16(21)8-13)12-2-5-17(23-9-12)25-7-6-22-18(25)27/h2-5,8-9,14H,6-7,10-11H2,1H3,(H,22,27)(H,24,28)/t14-/m0/s1. The van der Waals surface area contributed by atoms with Crippen LogP contribution >= 0.6 is 0 Å². The Hall–Kier alpha value is -3.89. The lowest BCUT2D eigenvalue weighted by Gasteiger charge is -2.15. The third kappa shape index (κ3) is 4.20. The molecule has 2 fully saturated rings. The molecule has 3 heterocycles. The summed E-state index contributed by atoms with van der Waals surface area (Å²) in [5.41, 5.74) is 1.19. The molecule has 1 aromatic carbocycles. The summed E-state index contributed by atoms with van der Waals surface area (Å²) in [6, 6.07) is 7.53. The number of rotatable bonds is 5. The van der Waals surface area contributed by atoms with E-state index in [0.717, 1.165) is 0 Å². The molecule has 0 unspecified atom stereocenters. The maximum Gasteiger partial charge on any atom is 0.414 e. The highest BCUT2D eigenvalue weighted by Crippen LogP contribution is 2.29. The Morgan fingerprint density at radius 2 is 2.16 bits per heavy atom. The van der Waals surface area contributed by atoms with Crippen molar-refractivity contribution < 1.29 is 28.2 Å². The van der Waals surface area contributed by atoms with E-state index in [9.17, 15) is 18.8 Å². The Balaban J connectivity index is 1.46. The van der Waals surface area contributed by atoms with E-state index in [4.69, 9.17) is 4.74 Å². The molecule has 0 aliphatic carbocycles. The Bertz CT molecular complexity index is 1020. The number of benzene rings is 1. The van der Waals surface area contributed by atoms with Crippen LogP contribution < -0.4 is 20.4 Å². The van der Waals surface area contributed by atoms with Crippen LogP contribution in [0.3, 0.4) is 0 Å². The normalized spacial score (nSPS) is 18.1. The van der Waals surface area contributed by atoms with Crippen LogP contribution in [0.15, 0.2) is 36.5 Å². The summed E-state index contributed by atoms with van der Waals surface area (Å²) in [7, 11) is 1.23. The van der Waals surface area contributed by atoms with Crippen molar-refractivity contribution in [3.63, 3.8) is 0 Å². The maximum absolute atomic E-state index is 14.8. The van der Waals surface area contributed by atoms with Gasteiger partial charge in [-0.15, -0.1) is 0 Å². The Kier molecular flexibility index (Phi) is 5.56. The highest BCUT2D eigenvalue weighted by molar-refractivity contribution is 5.93. The molecule has 0 radical (unpaired) electrons. The molecule has 1 atom stereocenters. The van der Waals surface area contributed by atoms with E-state index in [1.54, 1.807) is 24.3 Å². The van der Waals surface area contributed by atoms with Gasteiger partial charge >= 0.3 is 18.2 Å². The number of methoxy groups -OCH3 is 1. The second kappa shape index (κ2) is 8.46. The molecule has 2 aromatic rings. The molecular formula is C20H20FN5O5. The SMILES string of the molecule is COC(=O)NC[C@H]1CN(c2ccc(-c3ccc(N4CCNC4=O)nc3)c(F)c2)C(=O)O1. The summed E-state index contributed by atoms with van der Waals surface area (Å²) in [4.78, 5) is 42.1. The van der Waals surface area contributed by atoms with E-state index in [1.807, 2.05) is 0 Å². The van der Waals surface area contributed by atoms with Crippen molar-refractivity contribution in [2.24, 2.45) is 0 Å². The predicted octanol–water partition coefficient (Wildman–Crippen LogP) is 2.10. The number of urea groups is 1. The van der Waals surface area contributed by atoms with Crippen molar-refractivity contribution in [3.8, 4) is 11.1 Å². The van der Waals surface area contributed by atoms with Gasteiger partial charge in [-0.25, -0.2) is 23.8 Å². The van der Waals surface area contributed by atoms with E-state index < -0.39 is 24.1 Å². The number of aromatic nitrogens is 1. The number of nitrogens with one attached hydrogen (secondary N) is 2. The van der Waals surface area contributed by atoms with Crippen LogP contribution in [0, 0.1) is 5.82 Å². The van der Waals surface area contributed by atoms with Gasteiger partial charge in [0.05, 0.1) is 25.9 Å². The highest BCUT2D eigenvalue weighted by atomic mass is 19.1. The largest absolute Gasteiger partial charge is 0.453 e. The number of ether oxygens (including phenoxy) is 2. The molecule has 4 amide bonds. The fourth-order valence-corrected chi connectivity index (χ4v) is 3.41. The van der Waals surface area contributed by atoms with Crippen LogP contribution in [0.5, 0.6) is 0 Å². The number of hydrogen-bond acceptors (Lipinski definition) is 6. The number of hydrogen-bond donors (Lipinski definition) is 2. The lowest BCUT2D eigenvalue weighted by Crippen LogP contribution is -2.34. The third-order valence-corrected chi connectivity index (χ3v) is 4.99. The van der Waals surface area contributed by atoms with Crippen molar-refractivity contribution in [1.29, 1.82) is 0 Å². The first kappa shape index (κ1) is 20.4. The van der Waals surface area contributed by atoms with Gasteiger partial charge in [0, 0.05) is 30.4 Å². The topological polar surface area (TPSA) is 113 Å². The van der Waals surface area contributed by atoms with Gasteiger partial charge in [-0.3, -0.25) is 9.80 Å². The van der Waals surface area contributed by atoms with Crippen LogP contribution in [-0.2, 0) is 9.47 Å². The molecule has 0 saturated carbocycles. The van der Waals surface area contributed by atoms with Gasteiger partial charge in [0.25, 0.3) is 0 Å². The van der Waals surface area contributed by atoms with Crippen LogP contribution in [0.2, 0.25) is 0 Å². The van der Waals surface area contributed by atoms with Gasteiger partial charge < -0.3 is 20.1 Å². The molecule has 10 nitrogen and oxygen atoms in total. The van der Waals surface area contributed by atoms with Gasteiger partial charge in [0.1, 0.15) is 17.7 Å². The summed E-state index contributed by atoms with van der Waals surface area (Å²) >= 11 is 0. The number of carbonyl (C=O) groups is 3. The minimum atomic E-state index is -0.630. The number of amides is 4. The molecule has 2 aliphatic rings. The lowest BCUT2D eigenvalue weighted by molar-refractivity contribution is 0.132. The Morgan fingerprint density at radius 1 is 1.32 bits per heavy atom. The molecule has 11 heteroatoms. The first-order chi connectivity index (χ1) is 15.0. The molecule has 0 bridgehead atoms. The van der Waals surface area contributed by atoms with E-state index in [2.05, 4.69) is 20.4 Å². The number of anilines is 2. The minimum absolute atomic E-state index is 0.0859. The molecule has 2 N–H and O–H groups in total. The Morgan fingerprint density at radius 3 is 2.81 bits per heavy atom. The molecule has 2 aliphatic heterocycles. The molecule has 4 rings (SSSR count). The van der Waals surface area contributed by atoms with Crippen LogP contribution in [0.4, 0.5) is 30.3 Å². The minimum Gasteiger partial charge on any atom is -0.453 e. The van der Waals surface area contributed by atoms with Crippen molar-refractivity contribution in [1.82, 2.24) is 15.6 Å². The first-order valence-corrected chi connectivity index (χ1v) is 9.57. The van der Waals surface area contributed by atoms with Gasteiger partial charge in [0.15, 0.2) is 0 Å². The quantitative estimate of drug-likeness (QED) is 0.753. The van der Waals surface area contributed by atoms with Crippen molar-refractivity contribution in [2.75, 3.05) is 43.1 Å². The summed E-state index contributed by atoms with van der Waals surface area (Å²) < 4.78 is 24.5. The van der Waals surface area contributed by atoms with Gasteiger partial charge in [-0.05, 0) is 30.3 Å². The molecule has 1 aromatic heterocycles. The van der Waals surface area contributed by atoms with Crippen molar-refractivity contribution in [3.05, 3.63) is 42.3 Å². The van der Waals surface area contributed by atoms with Crippen LogP contribution in [0.25, 0.3) is 11.1 Å². The molecule has 2 saturated heterocycles. The van der Waals surface area contributed by atoms with Crippen LogP contribution in [-0.4, -0.2) is 62.6 Å². The number of cyclic esters (lactones) is 1. The maximum atomic E-state index is 14.8. The number of nitrogens with zero attached hydrogens (tertiary/aromatic N) is 3. The number of carbonyl (C=O) groups excluding carboxylic acids is 3. The van der Waals surface area contributed by atoms with Gasteiger partial charge in [-0.1, -0.05) is 0 Å². The zero-order valence-corrected chi connectivity index (χ0v) is 16.6. The summed E-state index contributed by atoms with van der Waals surface area (Å²) in [6.45, 7) is 1.32. The second-order valence-electron chi connectivity index (χ2n) is 6.94. The fraction of sp³-hybridized carbons (Fsp3) is 0.300. The van der Waals surface area contributed by atoms with E-state index in [-0.39, 0.29) is 19.1 Å². The summed E-state index contributed by atoms with van der Waals surface area (Å²) in [5, 5.41) is 5.16. The molecule has 0 spiro atoms. The predicted molar refractivity (Wildman–Crippen MR) is 108 cm³/mol. The average Bonchev–Trinajstić information content (AvgIpc) is 3.37. The third-order valence-electron chi connectivity index (χ3n) is 4.99. The summed E-state index contributed by atoms with van der Waals surface area (Å²) in [6.07, 6.45) is -0.333. The number of alkyl carbamates (subject to hydrolysis) is 1. The number of halogens is 1. The van der Waals surface area contributed by atoms with Crippen molar-refractivity contribution in [2.45, 2.75) is 6.10 Å².